The molecule has 3 nitrogen and oxygen atoms in total. The van der Waals surface area contributed by atoms with Gasteiger partial charge in [-0.2, -0.15) is 13.2 Å². The van der Waals surface area contributed by atoms with Crippen LogP contribution in [0.1, 0.15) is 5.69 Å². The first-order chi connectivity index (χ1) is 7.47. The number of nitrogen functional groups attached to an aromatic ring is 1. The highest BCUT2D eigenvalue weighted by Crippen LogP contribution is 2.29. The molecular formula is C10H8F3N3. The third-order valence-electron chi connectivity index (χ3n) is 2.04. The van der Waals surface area contributed by atoms with Crippen LogP contribution in [0.3, 0.4) is 0 Å². The predicted octanol–water partition coefficient (Wildman–Crippen LogP) is 2.68. The van der Waals surface area contributed by atoms with Crippen LogP contribution in [-0.4, -0.2) is 9.97 Å². The molecule has 0 fully saturated rings. The van der Waals surface area contributed by atoms with E-state index in [1.807, 2.05) is 0 Å². The molecule has 16 heavy (non-hydrogen) atoms. The van der Waals surface area contributed by atoms with Crippen LogP contribution in [0.2, 0.25) is 0 Å². The van der Waals surface area contributed by atoms with Gasteiger partial charge >= 0.3 is 6.18 Å². The van der Waals surface area contributed by atoms with E-state index in [4.69, 9.17) is 5.73 Å². The van der Waals surface area contributed by atoms with Crippen molar-refractivity contribution in [3.05, 3.63) is 36.2 Å². The summed E-state index contributed by atoms with van der Waals surface area (Å²) >= 11 is 0. The SMILES string of the molecule is Nc1cccc(-c2ncc(C(F)(F)F)[nH]2)c1. The molecule has 0 amide bonds. The summed E-state index contributed by atoms with van der Waals surface area (Å²) < 4.78 is 36.9. The van der Waals surface area contributed by atoms with Gasteiger partial charge in [-0.25, -0.2) is 4.98 Å². The molecule has 1 heterocycles. The smallest absolute Gasteiger partial charge is 0.399 e. The van der Waals surface area contributed by atoms with Gasteiger partial charge in [0.25, 0.3) is 0 Å². The first kappa shape index (κ1) is 10.5. The van der Waals surface area contributed by atoms with Gasteiger partial charge in [0.15, 0.2) is 0 Å². The average molecular weight is 227 g/mol. The fourth-order valence-corrected chi connectivity index (χ4v) is 1.30. The molecular weight excluding hydrogens is 219 g/mol. The van der Waals surface area contributed by atoms with Crippen LogP contribution < -0.4 is 5.73 Å². The maximum absolute atomic E-state index is 12.3. The van der Waals surface area contributed by atoms with Crippen LogP contribution in [0, 0.1) is 0 Å². The van der Waals surface area contributed by atoms with E-state index in [0.29, 0.717) is 11.3 Å². The van der Waals surface area contributed by atoms with E-state index in [9.17, 15) is 13.2 Å². The number of imidazole rings is 1. The van der Waals surface area contributed by atoms with Gasteiger partial charge in [-0.1, -0.05) is 12.1 Å². The number of H-pyrrole nitrogens is 1. The highest BCUT2D eigenvalue weighted by atomic mass is 19.4. The molecule has 0 atom stereocenters. The Kier molecular flexibility index (Phi) is 2.34. The van der Waals surface area contributed by atoms with E-state index < -0.39 is 11.9 Å². The summed E-state index contributed by atoms with van der Waals surface area (Å²) in [5.74, 6) is 0.152. The molecule has 2 rings (SSSR count). The van der Waals surface area contributed by atoms with Crippen LogP contribution >= 0.6 is 0 Å². The quantitative estimate of drug-likeness (QED) is 0.736. The number of nitrogens with two attached hydrogens (primary N) is 1. The van der Waals surface area contributed by atoms with Gasteiger partial charge in [-0.3, -0.25) is 0 Å². The molecule has 0 aliphatic heterocycles. The van der Waals surface area contributed by atoms with Crippen molar-refractivity contribution in [2.75, 3.05) is 5.73 Å². The Balaban J connectivity index is 2.39. The topological polar surface area (TPSA) is 54.7 Å². The second kappa shape index (κ2) is 3.55. The number of hydrogen-bond donors (Lipinski definition) is 2. The van der Waals surface area contributed by atoms with E-state index in [1.165, 1.54) is 0 Å². The lowest BCUT2D eigenvalue weighted by atomic mass is 10.2. The lowest BCUT2D eigenvalue weighted by Gasteiger charge is -2.01. The maximum Gasteiger partial charge on any atom is 0.432 e. The molecule has 0 bridgehead atoms. The van der Waals surface area contributed by atoms with Crippen molar-refractivity contribution in [3.63, 3.8) is 0 Å². The number of hydrogen-bond acceptors (Lipinski definition) is 2. The Morgan fingerprint density at radius 3 is 2.56 bits per heavy atom. The fourth-order valence-electron chi connectivity index (χ4n) is 1.30. The zero-order valence-corrected chi connectivity index (χ0v) is 8.05. The minimum Gasteiger partial charge on any atom is -0.399 e. The van der Waals surface area contributed by atoms with Crippen LogP contribution in [0.25, 0.3) is 11.4 Å². The number of halogens is 3. The minimum absolute atomic E-state index is 0.152. The van der Waals surface area contributed by atoms with Crippen LogP contribution in [0.5, 0.6) is 0 Å². The Bertz CT molecular complexity index is 502. The second-order valence-corrected chi connectivity index (χ2v) is 3.27. The van der Waals surface area contributed by atoms with Crippen molar-refractivity contribution >= 4 is 5.69 Å². The molecule has 0 spiro atoms. The van der Waals surface area contributed by atoms with Crippen molar-refractivity contribution in [2.24, 2.45) is 0 Å². The molecule has 1 aromatic carbocycles. The summed E-state index contributed by atoms with van der Waals surface area (Å²) in [6.45, 7) is 0. The van der Waals surface area contributed by atoms with Gasteiger partial charge in [-0.15, -0.1) is 0 Å². The van der Waals surface area contributed by atoms with E-state index in [1.54, 1.807) is 24.3 Å². The van der Waals surface area contributed by atoms with Crippen molar-refractivity contribution in [3.8, 4) is 11.4 Å². The fraction of sp³-hybridized carbons (Fsp3) is 0.100. The monoisotopic (exact) mass is 227 g/mol. The lowest BCUT2D eigenvalue weighted by Crippen LogP contribution is -2.04. The highest BCUT2D eigenvalue weighted by molar-refractivity contribution is 5.61. The number of anilines is 1. The zero-order valence-electron chi connectivity index (χ0n) is 8.05. The average Bonchev–Trinajstić information content (AvgIpc) is 2.65. The highest BCUT2D eigenvalue weighted by Gasteiger charge is 2.33. The van der Waals surface area contributed by atoms with Crippen molar-refractivity contribution in [1.29, 1.82) is 0 Å². The Morgan fingerprint density at radius 2 is 2.00 bits per heavy atom. The largest absolute Gasteiger partial charge is 0.432 e. The first-order valence-electron chi connectivity index (χ1n) is 4.45. The molecule has 0 unspecified atom stereocenters. The van der Waals surface area contributed by atoms with Crippen LogP contribution in [0.4, 0.5) is 18.9 Å². The molecule has 0 saturated heterocycles. The van der Waals surface area contributed by atoms with Gasteiger partial charge in [0.05, 0.1) is 6.20 Å². The van der Waals surface area contributed by atoms with E-state index in [-0.39, 0.29) is 5.82 Å². The van der Waals surface area contributed by atoms with Gasteiger partial charge in [0.1, 0.15) is 11.5 Å². The minimum atomic E-state index is -4.41. The Hall–Kier alpha value is -1.98. The van der Waals surface area contributed by atoms with Crippen LogP contribution in [0.15, 0.2) is 30.5 Å². The summed E-state index contributed by atoms with van der Waals surface area (Å²) in [7, 11) is 0. The number of nitrogens with zero attached hydrogens (tertiary/aromatic N) is 1. The standard InChI is InChI=1S/C10H8F3N3/c11-10(12,13)8-5-15-9(16-8)6-2-1-3-7(14)4-6/h1-5H,14H2,(H,15,16). The summed E-state index contributed by atoms with van der Waals surface area (Å²) in [4.78, 5) is 5.87. The number of alkyl halides is 3. The zero-order chi connectivity index (χ0) is 11.8. The van der Waals surface area contributed by atoms with E-state index >= 15 is 0 Å². The lowest BCUT2D eigenvalue weighted by molar-refractivity contribution is -0.140. The maximum atomic E-state index is 12.3. The van der Waals surface area contributed by atoms with Crippen molar-refractivity contribution in [1.82, 2.24) is 9.97 Å². The molecule has 1 aromatic heterocycles. The third-order valence-corrected chi connectivity index (χ3v) is 2.04. The Labute approximate surface area is 89.1 Å². The molecule has 3 N–H and O–H groups in total. The van der Waals surface area contributed by atoms with Gasteiger partial charge in [0.2, 0.25) is 0 Å². The molecule has 2 aromatic rings. The molecule has 0 aliphatic carbocycles. The molecule has 0 aliphatic rings. The normalized spacial score (nSPS) is 11.7. The molecule has 6 heteroatoms. The summed E-state index contributed by atoms with van der Waals surface area (Å²) in [5.41, 5.74) is 5.65. The number of rotatable bonds is 1. The number of nitrogens with one attached hydrogen (secondary N) is 1. The van der Waals surface area contributed by atoms with E-state index in [0.717, 1.165) is 6.20 Å². The van der Waals surface area contributed by atoms with Gasteiger partial charge in [-0.05, 0) is 12.1 Å². The number of aromatic nitrogens is 2. The first-order valence-corrected chi connectivity index (χ1v) is 4.45. The van der Waals surface area contributed by atoms with Crippen LogP contribution in [-0.2, 0) is 6.18 Å². The molecule has 0 saturated carbocycles. The van der Waals surface area contributed by atoms with E-state index in [2.05, 4.69) is 9.97 Å². The molecule has 84 valence electrons. The van der Waals surface area contributed by atoms with Gasteiger partial charge in [0, 0.05) is 11.3 Å². The van der Waals surface area contributed by atoms with Crippen molar-refractivity contribution in [2.45, 2.75) is 6.18 Å². The molecule has 0 radical (unpaired) electrons. The third kappa shape index (κ3) is 2.00. The second-order valence-electron chi connectivity index (χ2n) is 3.27. The Morgan fingerprint density at radius 1 is 1.25 bits per heavy atom. The summed E-state index contributed by atoms with van der Waals surface area (Å²) in [6.07, 6.45) is -3.65. The predicted molar refractivity (Wildman–Crippen MR) is 53.4 cm³/mol. The summed E-state index contributed by atoms with van der Waals surface area (Å²) in [5, 5.41) is 0. The van der Waals surface area contributed by atoms with Gasteiger partial charge < -0.3 is 10.7 Å². The number of aromatic amines is 1. The summed E-state index contributed by atoms with van der Waals surface area (Å²) in [6, 6.07) is 6.49. The van der Waals surface area contributed by atoms with Crippen molar-refractivity contribution < 1.29 is 13.2 Å². The number of benzene rings is 1.